The van der Waals surface area contributed by atoms with Gasteiger partial charge in [0.2, 0.25) is 5.88 Å². The van der Waals surface area contributed by atoms with Crippen LogP contribution in [0.4, 0.5) is 4.79 Å². The van der Waals surface area contributed by atoms with Gasteiger partial charge in [-0.3, -0.25) is 0 Å². The first kappa shape index (κ1) is 24.6. The van der Waals surface area contributed by atoms with Crippen molar-refractivity contribution in [3.8, 4) is 17.3 Å². The van der Waals surface area contributed by atoms with Crippen LogP contribution in [-0.2, 0) is 6.54 Å². The van der Waals surface area contributed by atoms with Crippen molar-refractivity contribution in [2.75, 3.05) is 6.54 Å². The summed E-state index contributed by atoms with van der Waals surface area (Å²) in [6.07, 6.45) is 0. The Kier molecular flexibility index (Phi) is 7.69. The second-order valence-corrected chi connectivity index (χ2v) is 10.1. The van der Waals surface area contributed by atoms with Gasteiger partial charge in [-0.2, -0.15) is 5.10 Å². The zero-order valence-electron chi connectivity index (χ0n) is 20.2. The fraction of sp³-hybridized carbons (Fsp3) is 0.385. The number of aryl methyl sites for hydroxylation is 1. The van der Waals surface area contributed by atoms with E-state index in [2.05, 4.69) is 19.2 Å². The molecule has 6 nitrogen and oxygen atoms in total. The van der Waals surface area contributed by atoms with E-state index >= 15 is 0 Å². The van der Waals surface area contributed by atoms with Crippen LogP contribution in [-0.4, -0.2) is 32.8 Å². The first-order valence-corrected chi connectivity index (χ1v) is 11.6. The number of aromatic nitrogens is 2. The van der Waals surface area contributed by atoms with Gasteiger partial charge in [-0.1, -0.05) is 49.7 Å². The highest BCUT2D eigenvalue weighted by Gasteiger charge is 2.26. The third kappa shape index (κ3) is 6.75. The van der Waals surface area contributed by atoms with Gasteiger partial charge >= 0.3 is 6.03 Å². The van der Waals surface area contributed by atoms with Gasteiger partial charge in [-0.25, -0.2) is 9.48 Å². The molecule has 0 spiro atoms. The summed E-state index contributed by atoms with van der Waals surface area (Å²) in [5.74, 6) is 1.56. The first-order valence-electron chi connectivity index (χ1n) is 11.2. The minimum absolute atomic E-state index is 0.114. The Bertz CT molecular complexity index is 1090. The molecule has 0 aliphatic carbocycles. The van der Waals surface area contributed by atoms with E-state index in [4.69, 9.17) is 21.4 Å². The Morgan fingerprint density at radius 3 is 2.45 bits per heavy atom. The van der Waals surface area contributed by atoms with E-state index in [1.807, 2.05) is 87.2 Å². The Labute approximate surface area is 201 Å². The summed E-state index contributed by atoms with van der Waals surface area (Å²) >= 11 is 6.26. The molecule has 2 aromatic carbocycles. The minimum Gasteiger partial charge on any atom is -0.439 e. The average molecular weight is 469 g/mol. The molecule has 0 aliphatic rings. The van der Waals surface area contributed by atoms with Crippen LogP contribution >= 0.6 is 11.6 Å². The van der Waals surface area contributed by atoms with Gasteiger partial charge in [0.1, 0.15) is 5.75 Å². The van der Waals surface area contributed by atoms with Gasteiger partial charge < -0.3 is 15.0 Å². The second kappa shape index (κ2) is 10.3. The number of carbonyl (C=O) groups is 1. The molecule has 3 aromatic rings. The number of nitrogens with zero attached hydrogens (tertiary/aromatic N) is 3. The van der Waals surface area contributed by atoms with Crippen LogP contribution in [0.15, 0.2) is 54.6 Å². The fourth-order valence-electron chi connectivity index (χ4n) is 3.46. The standard InChI is InChI=1S/C26H33ClN4O2/c1-18(2)16-30(25(32)28-26(4,5)6)17-23-19(3)29-31(21-12-10-11-20(27)15-21)24(23)33-22-13-8-7-9-14-22/h7-15,18H,16-17H2,1-6H3,(H,28,32). The molecule has 176 valence electrons. The first-order chi connectivity index (χ1) is 15.5. The summed E-state index contributed by atoms with van der Waals surface area (Å²) in [4.78, 5) is 14.9. The maximum atomic E-state index is 13.1. The fourth-order valence-corrected chi connectivity index (χ4v) is 3.64. The molecule has 0 saturated carbocycles. The zero-order chi connectivity index (χ0) is 24.2. The molecule has 0 bridgehead atoms. The number of amides is 2. The Balaban J connectivity index is 2.06. The molecule has 7 heteroatoms. The summed E-state index contributed by atoms with van der Waals surface area (Å²) < 4.78 is 8.09. The summed E-state index contributed by atoms with van der Waals surface area (Å²) in [6.45, 7) is 13.0. The number of hydrogen-bond acceptors (Lipinski definition) is 3. The highest BCUT2D eigenvalue weighted by atomic mass is 35.5. The molecule has 1 aromatic heterocycles. The Morgan fingerprint density at radius 1 is 1.15 bits per heavy atom. The summed E-state index contributed by atoms with van der Waals surface area (Å²) in [7, 11) is 0. The van der Waals surface area contributed by atoms with Gasteiger partial charge in [-0.15, -0.1) is 0 Å². The van der Waals surface area contributed by atoms with Gasteiger partial charge in [0.15, 0.2) is 0 Å². The van der Waals surface area contributed by atoms with Crippen molar-refractivity contribution in [1.82, 2.24) is 20.0 Å². The van der Waals surface area contributed by atoms with Crippen molar-refractivity contribution < 1.29 is 9.53 Å². The third-order valence-electron chi connectivity index (χ3n) is 4.85. The largest absolute Gasteiger partial charge is 0.439 e. The van der Waals surface area contributed by atoms with Crippen molar-refractivity contribution in [2.45, 2.75) is 53.6 Å². The number of hydrogen-bond donors (Lipinski definition) is 1. The molecule has 0 radical (unpaired) electrons. The number of ether oxygens (including phenoxy) is 1. The molecule has 0 fully saturated rings. The maximum Gasteiger partial charge on any atom is 0.318 e. The number of halogens is 1. The van der Waals surface area contributed by atoms with E-state index in [1.54, 1.807) is 4.68 Å². The number of benzene rings is 2. The van der Waals surface area contributed by atoms with Crippen molar-refractivity contribution in [1.29, 1.82) is 0 Å². The Hall–Kier alpha value is -2.99. The molecule has 0 aliphatic heterocycles. The highest BCUT2D eigenvalue weighted by molar-refractivity contribution is 6.30. The van der Waals surface area contributed by atoms with Crippen LogP contribution in [0.5, 0.6) is 11.6 Å². The van der Waals surface area contributed by atoms with Crippen LogP contribution in [0.25, 0.3) is 5.69 Å². The molecule has 1 N–H and O–H groups in total. The monoisotopic (exact) mass is 468 g/mol. The Morgan fingerprint density at radius 2 is 1.85 bits per heavy atom. The quantitative estimate of drug-likeness (QED) is 0.425. The molecular formula is C26H33ClN4O2. The number of urea groups is 1. The second-order valence-electron chi connectivity index (χ2n) is 9.63. The van der Waals surface area contributed by atoms with Crippen LogP contribution < -0.4 is 10.1 Å². The molecule has 3 rings (SSSR count). The lowest BCUT2D eigenvalue weighted by molar-refractivity contribution is 0.178. The van der Waals surface area contributed by atoms with Crippen LogP contribution in [0.2, 0.25) is 5.02 Å². The van der Waals surface area contributed by atoms with Crippen molar-refractivity contribution in [3.63, 3.8) is 0 Å². The molecule has 0 saturated heterocycles. The maximum absolute atomic E-state index is 13.1. The van der Waals surface area contributed by atoms with E-state index in [-0.39, 0.29) is 11.6 Å². The molecule has 1 heterocycles. The molecule has 0 unspecified atom stereocenters. The van der Waals surface area contributed by atoms with E-state index < -0.39 is 0 Å². The van der Waals surface area contributed by atoms with E-state index in [0.29, 0.717) is 35.7 Å². The predicted octanol–water partition coefficient (Wildman–Crippen LogP) is 6.59. The van der Waals surface area contributed by atoms with Crippen LogP contribution in [0, 0.1) is 12.8 Å². The van der Waals surface area contributed by atoms with Gasteiger partial charge in [0, 0.05) is 17.1 Å². The molecule has 0 atom stereocenters. The lowest BCUT2D eigenvalue weighted by Crippen LogP contribution is -2.49. The average Bonchev–Trinajstić information content (AvgIpc) is 3.02. The zero-order valence-corrected chi connectivity index (χ0v) is 21.0. The van der Waals surface area contributed by atoms with Gasteiger partial charge in [-0.05, 0) is 63.9 Å². The summed E-state index contributed by atoms with van der Waals surface area (Å²) in [5.41, 5.74) is 2.09. The predicted molar refractivity (Wildman–Crippen MR) is 133 cm³/mol. The van der Waals surface area contributed by atoms with Gasteiger partial charge in [0.05, 0.1) is 23.5 Å². The molecule has 2 amide bonds. The van der Waals surface area contributed by atoms with Crippen LogP contribution in [0.1, 0.15) is 45.9 Å². The number of carbonyl (C=O) groups excluding carboxylic acids is 1. The minimum atomic E-state index is -0.338. The highest BCUT2D eigenvalue weighted by Crippen LogP contribution is 2.32. The van der Waals surface area contributed by atoms with Crippen molar-refractivity contribution in [2.24, 2.45) is 5.92 Å². The molecule has 33 heavy (non-hydrogen) atoms. The summed E-state index contributed by atoms with van der Waals surface area (Å²) in [6, 6.07) is 16.9. The van der Waals surface area contributed by atoms with Gasteiger partial charge in [0.25, 0.3) is 0 Å². The topological polar surface area (TPSA) is 59.4 Å². The van der Waals surface area contributed by atoms with Crippen molar-refractivity contribution in [3.05, 3.63) is 70.9 Å². The number of nitrogens with one attached hydrogen (secondary N) is 1. The van der Waals surface area contributed by atoms with E-state index in [1.165, 1.54) is 0 Å². The SMILES string of the molecule is Cc1nn(-c2cccc(Cl)c2)c(Oc2ccccc2)c1CN(CC(C)C)C(=O)NC(C)(C)C. The smallest absolute Gasteiger partial charge is 0.318 e. The third-order valence-corrected chi connectivity index (χ3v) is 5.09. The molecular weight excluding hydrogens is 436 g/mol. The number of rotatable bonds is 7. The van der Waals surface area contributed by atoms with E-state index in [9.17, 15) is 4.79 Å². The lowest BCUT2D eigenvalue weighted by atomic mass is 10.1. The summed E-state index contributed by atoms with van der Waals surface area (Å²) in [5, 5.41) is 8.45. The van der Waals surface area contributed by atoms with E-state index in [0.717, 1.165) is 16.9 Å². The van der Waals surface area contributed by atoms with Crippen molar-refractivity contribution >= 4 is 17.6 Å². The number of para-hydroxylation sites is 1. The normalized spacial score (nSPS) is 11.5. The lowest BCUT2D eigenvalue weighted by Gasteiger charge is -2.29. The van der Waals surface area contributed by atoms with Crippen LogP contribution in [0.3, 0.4) is 0 Å².